The predicted molar refractivity (Wildman–Crippen MR) is 91.5 cm³/mol. The van der Waals surface area contributed by atoms with Crippen molar-refractivity contribution in [3.63, 3.8) is 0 Å². The maximum atomic E-state index is 9.94. The standard InChI is InChI=1S/C18H24N3O2/c1-21(2,3)13-17(22)14-23-18-11-9-16(10-12-18)20-19-15-7-5-4-6-8-15/h4-12,17,22H,13-14H2,1-3H3/q+1. The van der Waals surface area contributed by atoms with Gasteiger partial charge in [-0.2, -0.15) is 10.2 Å². The number of likely N-dealkylation sites (N-methyl/N-ethyl adjacent to an activating group) is 1. The predicted octanol–water partition coefficient (Wildman–Crippen LogP) is 3.55. The molecule has 1 N–H and O–H groups in total. The number of hydrogen-bond acceptors (Lipinski definition) is 4. The molecular formula is C18H24N3O2+. The number of azo groups is 1. The first kappa shape index (κ1) is 17.1. The highest BCUT2D eigenvalue weighted by Gasteiger charge is 2.15. The van der Waals surface area contributed by atoms with Crippen LogP contribution in [-0.2, 0) is 0 Å². The Kier molecular flexibility index (Phi) is 5.84. The van der Waals surface area contributed by atoms with Gasteiger partial charge in [0.15, 0.2) is 0 Å². The number of aliphatic hydroxyl groups excluding tert-OH is 1. The Bertz CT molecular complexity index is 619. The molecule has 5 heteroatoms. The highest BCUT2D eigenvalue weighted by Crippen LogP contribution is 2.21. The monoisotopic (exact) mass is 314 g/mol. The summed E-state index contributed by atoms with van der Waals surface area (Å²) in [6.45, 7) is 0.920. The molecule has 122 valence electrons. The van der Waals surface area contributed by atoms with E-state index in [4.69, 9.17) is 4.74 Å². The molecule has 23 heavy (non-hydrogen) atoms. The first-order chi connectivity index (χ1) is 10.9. The van der Waals surface area contributed by atoms with Crippen molar-refractivity contribution >= 4 is 11.4 Å². The molecule has 5 nitrogen and oxygen atoms in total. The van der Waals surface area contributed by atoms with Crippen LogP contribution in [0, 0.1) is 0 Å². The number of ether oxygens (including phenoxy) is 1. The Hall–Kier alpha value is -2.24. The summed E-state index contributed by atoms with van der Waals surface area (Å²) in [5.41, 5.74) is 1.57. The molecule has 2 aromatic carbocycles. The first-order valence-corrected chi connectivity index (χ1v) is 7.60. The number of nitrogens with zero attached hydrogens (tertiary/aromatic N) is 3. The Morgan fingerprint density at radius 1 is 0.913 bits per heavy atom. The minimum absolute atomic E-state index is 0.278. The van der Waals surface area contributed by atoms with Crippen molar-refractivity contribution in [1.82, 2.24) is 0 Å². The van der Waals surface area contributed by atoms with Crippen LogP contribution >= 0.6 is 0 Å². The van der Waals surface area contributed by atoms with Gasteiger partial charge in [-0.1, -0.05) is 18.2 Å². The maximum Gasteiger partial charge on any atom is 0.137 e. The number of rotatable bonds is 7. The van der Waals surface area contributed by atoms with Gasteiger partial charge in [0, 0.05) is 0 Å². The minimum atomic E-state index is -0.493. The fourth-order valence-electron chi connectivity index (χ4n) is 2.10. The van der Waals surface area contributed by atoms with E-state index in [1.54, 1.807) is 0 Å². The molecule has 0 saturated heterocycles. The first-order valence-electron chi connectivity index (χ1n) is 7.60. The molecule has 0 aromatic heterocycles. The molecule has 1 atom stereocenters. The largest absolute Gasteiger partial charge is 0.491 e. The van der Waals surface area contributed by atoms with Crippen LogP contribution < -0.4 is 4.74 Å². The van der Waals surface area contributed by atoms with Crippen molar-refractivity contribution in [3.05, 3.63) is 54.6 Å². The fraction of sp³-hybridized carbons (Fsp3) is 0.333. The quantitative estimate of drug-likeness (QED) is 0.627. The van der Waals surface area contributed by atoms with E-state index in [0.717, 1.165) is 11.4 Å². The van der Waals surface area contributed by atoms with E-state index in [9.17, 15) is 5.11 Å². The lowest BCUT2D eigenvalue weighted by Crippen LogP contribution is -2.43. The zero-order chi connectivity index (χ0) is 16.7. The Balaban J connectivity index is 1.86. The summed E-state index contributed by atoms with van der Waals surface area (Å²) < 4.78 is 6.30. The normalized spacial score (nSPS) is 13.2. The molecule has 0 radical (unpaired) electrons. The molecule has 0 amide bonds. The molecule has 0 fully saturated rings. The summed E-state index contributed by atoms with van der Waals surface area (Å²) >= 11 is 0. The van der Waals surface area contributed by atoms with Gasteiger partial charge in [0.05, 0.1) is 32.5 Å². The second-order valence-corrected chi connectivity index (χ2v) is 6.47. The van der Waals surface area contributed by atoms with E-state index in [1.165, 1.54) is 0 Å². The van der Waals surface area contributed by atoms with Crippen molar-refractivity contribution in [2.24, 2.45) is 10.2 Å². The third-order valence-electron chi connectivity index (χ3n) is 3.07. The van der Waals surface area contributed by atoms with Gasteiger partial charge in [0.2, 0.25) is 0 Å². The average molecular weight is 314 g/mol. The second kappa shape index (κ2) is 7.85. The lowest BCUT2D eigenvalue weighted by Gasteiger charge is -2.26. The summed E-state index contributed by atoms with van der Waals surface area (Å²) in [6, 6.07) is 16.9. The molecule has 0 heterocycles. The van der Waals surface area contributed by atoms with E-state index in [2.05, 4.69) is 10.2 Å². The van der Waals surface area contributed by atoms with E-state index in [-0.39, 0.29) is 6.61 Å². The Morgan fingerprint density at radius 3 is 2.04 bits per heavy atom. The topological polar surface area (TPSA) is 54.2 Å². The number of hydrogen-bond donors (Lipinski definition) is 1. The van der Waals surface area contributed by atoms with Crippen molar-refractivity contribution in [1.29, 1.82) is 0 Å². The SMILES string of the molecule is C[N+](C)(C)CC(O)COc1ccc(N=Nc2ccccc2)cc1. The zero-order valence-corrected chi connectivity index (χ0v) is 13.9. The smallest absolute Gasteiger partial charge is 0.137 e. The third kappa shape index (κ3) is 6.59. The number of benzene rings is 2. The van der Waals surface area contributed by atoms with Gasteiger partial charge in [0.1, 0.15) is 25.0 Å². The van der Waals surface area contributed by atoms with Gasteiger partial charge >= 0.3 is 0 Å². The summed E-state index contributed by atoms with van der Waals surface area (Å²) in [5.74, 6) is 0.712. The van der Waals surface area contributed by atoms with Gasteiger partial charge in [-0.15, -0.1) is 0 Å². The van der Waals surface area contributed by atoms with Crippen LogP contribution in [0.25, 0.3) is 0 Å². The molecule has 0 aliphatic heterocycles. The highest BCUT2D eigenvalue weighted by molar-refractivity contribution is 5.42. The summed E-state index contributed by atoms with van der Waals surface area (Å²) in [7, 11) is 6.11. The van der Waals surface area contributed by atoms with E-state index < -0.39 is 6.10 Å². The van der Waals surface area contributed by atoms with Gasteiger partial charge in [-0.25, -0.2) is 0 Å². The van der Waals surface area contributed by atoms with Crippen molar-refractivity contribution in [2.75, 3.05) is 34.3 Å². The fourth-order valence-corrected chi connectivity index (χ4v) is 2.10. The van der Waals surface area contributed by atoms with E-state index in [0.29, 0.717) is 16.8 Å². The lowest BCUT2D eigenvalue weighted by atomic mass is 10.3. The highest BCUT2D eigenvalue weighted by atomic mass is 16.5. The molecule has 1 unspecified atom stereocenters. The zero-order valence-electron chi connectivity index (χ0n) is 13.9. The van der Waals surface area contributed by atoms with E-state index >= 15 is 0 Å². The minimum Gasteiger partial charge on any atom is -0.491 e. The molecule has 0 bridgehead atoms. The molecule has 0 aliphatic carbocycles. The van der Waals surface area contributed by atoms with Gasteiger partial charge in [-0.05, 0) is 36.4 Å². The summed E-state index contributed by atoms with van der Waals surface area (Å²) in [5, 5.41) is 18.3. The molecule has 0 aliphatic rings. The number of quaternary nitrogens is 1. The average Bonchev–Trinajstić information content (AvgIpc) is 2.51. The van der Waals surface area contributed by atoms with Gasteiger partial charge < -0.3 is 14.3 Å². The molecule has 2 aromatic rings. The van der Waals surface area contributed by atoms with Crippen LogP contribution in [0.3, 0.4) is 0 Å². The summed E-state index contributed by atoms with van der Waals surface area (Å²) in [4.78, 5) is 0. The Labute approximate surface area is 137 Å². The van der Waals surface area contributed by atoms with Crippen molar-refractivity contribution in [2.45, 2.75) is 6.10 Å². The van der Waals surface area contributed by atoms with Crippen molar-refractivity contribution in [3.8, 4) is 5.75 Å². The van der Waals surface area contributed by atoms with Gasteiger partial charge in [-0.3, -0.25) is 0 Å². The molecular weight excluding hydrogens is 290 g/mol. The summed E-state index contributed by atoms with van der Waals surface area (Å²) in [6.07, 6.45) is -0.493. The van der Waals surface area contributed by atoms with Crippen LogP contribution in [0.15, 0.2) is 64.8 Å². The Morgan fingerprint density at radius 2 is 1.48 bits per heavy atom. The molecule has 2 rings (SSSR count). The molecule has 0 spiro atoms. The maximum absolute atomic E-state index is 9.94. The van der Waals surface area contributed by atoms with Crippen molar-refractivity contribution < 1.29 is 14.3 Å². The van der Waals surface area contributed by atoms with Crippen LogP contribution in [0.2, 0.25) is 0 Å². The molecule has 0 saturated carbocycles. The van der Waals surface area contributed by atoms with Crippen LogP contribution in [0.5, 0.6) is 5.75 Å². The number of aliphatic hydroxyl groups is 1. The third-order valence-corrected chi connectivity index (χ3v) is 3.07. The van der Waals surface area contributed by atoms with Crippen LogP contribution in [0.1, 0.15) is 0 Å². The second-order valence-electron chi connectivity index (χ2n) is 6.47. The van der Waals surface area contributed by atoms with Gasteiger partial charge in [0.25, 0.3) is 0 Å². The van der Waals surface area contributed by atoms with E-state index in [1.807, 2.05) is 75.7 Å². The lowest BCUT2D eigenvalue weighted by molar-refractivity contribution is -0.873. The van der Waals surface area contributed by atoms with Crippen LogP contribution in [0.4, 0.5) is 11.4 Å². The van der Waals surface area contributed by atoms with Crippen LogP contribution in [-0.4, -0.2) is 50.0 Å².